The van der Waals surface area contributed by atoms with Crippen molar-refractivity contribution in [3.8, 4) is 11.1 Å². The van der Waals surface area contributed by atoms with Crippen molar-refractivity contribution in [2.24, 2.45) is 0 Å². The lowest BCUT2D eigenvalue weighted by Crippen LogP contribution is -2.24. The number of amides is 1. The van der Waals surface area contributed by atoms with Crippen LogP contribution in [0.25, 0.3) is 11.1 Å². The summed E-state index contributed by atoms with van der Waals surface area (Å²) >= 11 is 3.46. The van der Waals surface area contributed by atoms with E-state index in [9.17, 15) is 9.90 Å². The maximum atomic E-state index is 11.2. The number of carbonyl (C=O) groups is 1. The topological polar surface area (TPSA) is 40.5 Å². The summed E-state index contributed by atoms with van der Waals surface area (Å²) in [4.78, 5) is 12.4. The zero-order chi connectivity index (χ0) is 13.4. The van der Waals surface area contributed by atoms with Gasteiger partial charge in [0.1, 0.15) is 4.95 Å². The smallest absolute Gasteiger partial charge is 0.408 e. The standard InChI is InChI=1S/C15H12BrNO2/c16-14-12-8-4-7-11(10-5-2-1-3-6-10)13(12)9-17(14)15(18)19/h1-8,14H,9H2,(H,18,19). The molecule has 3 nitrogen and oxygen atoms in total. The molecule has 3 rings (SSSR count). The average molecular weight is 318 g/mol. The Morgan fingerprint density at radius 1 is 1.16 bits per heavy atom. The van der Waals surface area contributed by atoms with Crippen LogP contribution in [0.5, 0.6) is 0 Å². The first-order valence-corrected chi connectivity index (χ1v) is 6.91. The Morgan fingerprint density at radius 3 is 2.58 bits per heavy atom. The highest BCUT2D eigenvalue weighted by Crippen LogP contribution is 2.42. The highest BCUT2D eigenvalue weighted by molar-refractivity contribution is 9.09. The van der Waals surface area contributed by atoms with Crippen LogP contribution in [-0.2, 0) is 6.54 Å². The first-order valence-electron chi connectivity index (χ1n) is 5.99. The van der Waals surface area contributed by atoms with Gasteiger partial charge in [0.05, 0.1) is 6.54 Å². The monoisotopic (exact) mass is 317 g/mol. The fourth-order valence-corrected chi connectivity index (χ4v) is 3.22. The molecule has 0 fully saturated rings. The molecule has 1 amide bonds. The Labute approximate surface area is 119 Å². The zero-order valence-electron chi connectivity index (χ0n) is 10.1. The number of benzene rings is 2. The fraction of sp³-hybridized carbons (Fsp3) is 0.133. The molecule has 4 heteroatoms. The van der Waals surface area contributed by atoms with Crippen molar-refractivity contribution in [3.63, 3.8) is 0 Å². The first-order chi connectivity index (χ1) is 9.18. The van der Waals surface area contributed by atoms with Gasteiger partial charge in [-0.15, -0.1) is 0 Å². The van der Waals surface area contributed by atoms with Crippen LogP contribution < -0.4 is 0 Å². The van der Waals surface area contributed by atoms with E-state index >= 15 is 0 Å². The maximum absolute atomic E-state index is 11.2. The number of hydrogen-bond donors (Lipinski definition) is 1. The van der Waals surface area contributed by atoms with Crippen molar-refractivity contribution in [1.29, 1.82) is 0 Å². The third kappa shape index (κ3) is 2.02. The molecule has 1 aliphatic heterocycles. The zero-order valence-corrected chi connectivity index (χ0v) is 11.7. The number of nitrogens with zero attached hydrogens (tertiary/aromatic N) is 1. The van der Waals surface area contributed by atoms with Crippen molar-refractivity contribution >= 4 is 22.0 Å². The third-order valence-electron chi connectivity index (χ3n) is 3.40. The molecule has 0 radical (unpaired) electrons. The molecule has 0 bridgehead atoms. The van der Waals surface area contributed by atoms with Gasteiger partial charge in [0.25, 0.3) is 0 Å². The van der Waals surface area contributed by atoms with Crippen molar-refractivity contribution in [2.75, 3.05) is 0 Å². The summed E-state index contributed by atoms with van der Waals surface area (Å²) in [5, 5.41) is 9.21. The minimum atomic E-state index is -0.905. The average Bonchev–Trinajstić information content (AvgIpc) is 2.78. The van der Waals surface area contributed by atoms with E-state index in [2.05, 4.69) is 15.9 Å². The lowest BCUT2D eigenvalue weighted by molar-refractivity contribution is 0.144. The van der Waals surface area contributed by atoms with E-state index in [0.29, 0.717) is 6.54 Å². The Morgan fingerprint density at radius 2 is 1.89 bits per heavy atom. The maximum Gasteiger partial charge on any atom is 0.408 e. The van der Waals surface area contributed by atoms with Gasteiger partial charge in [-0.25, -0.2) is 4.79 Å². The van der Waals surface area contributed by atoms with Gasteiger partial charge in [0.15, 0.2) is 0 Å². The van der Waals surface area contributed by atoms with Gasteiger partial charge in [0.2, 0.25) is 0 Å². The molecule has 0 spiro atoms. The minimum Gasteiger partial charge on any atom is -0.465 e. The molecular formula is C15H12BrNO2. The summed E-state index contributed by atoms with van der Waals surface area (Å²) < 4.78 is 0. The van der Waals surface area contributed by atoms with Gasteiger partial charge >= 0.3 is 6.09 Å². The van der Waals surface area contributed by atoms with Crippen LogP contribution in [0.2, 0.25) is 0 Å². The number of hydrogen-bond acceptors (Lipinski definition) is 1. The van der Waals surface area contributed by atoms with E-state index in [-0.39, 0.29) is 4.95 Å². The summed E-state index contributed by atoms with van der Waals surface area (Å²) in [6.45, 7) is 0.422. The van der Waals surface area contributed by atoms with Crippen molar-refractivity contribution in [3.05, 3.63) is 59.7 Å². The van der Waals surface area contributed by atoms with Crippen LogP contribution in [0.3, 0.4) is 0 Å². The second kappa shape index (κ2) is 4.70. The van der Waals surface area contributed by atoms with Gasteiger partial charge in [-0.3, -0.25) is 4.90 Å². The molecule has 0 aromatic heterocycles. The Hall–Kier alpha value is -1.81. The number of fused-ring (bicyclic) bond motifs is 1. The van der Waals surface area contributed by atoms with Crippen LogP contribution >= 0.6 is 15.9 Å². The largest absolute Gasteiger partial charge is 0.465 e. The van der Waals surface area contributed by atoms with Crippen LogP contribution in [0.4, 0.5) is 4.79 Å². The summed E-state index contributed by atoms with van der Waals surface area (Å²) in [6, 6.07) is 16.0. The molecule has 1 unspecified atom stereocenters. The lowest BCUT2D eigenvalue weighted by atomic mass is 9.97. The van der Waals surface area contributed by atoms with Crippen LogP contribution in [0.15, 0.2) is 48.5 Å². The normalized spacial score (nSPS) is 17.3. The van der Waals surface area contributed by atoms with E-state index < -0.39 is 6.09 Å². The van der Waals surface area contributed by atoms with Crippen LogP contribution in [0, 0.1) is 0 Å². The molecule has 2 aromatic rings. The van der Waals surface area contributed by atoms with Gasteiger partial charge in [-0.2, -0.15) is 0 Å². The predicted molar refractivity (Wildman–Crippen MR) is 77.1 cm³/mol. The summed E-state index contributed by atoms with van der Waals surface area (Å²) in [6.07, 6.45) is -0.905. The third-order valence-corrected chi connectivity index (χ3v) is 4.39. The van der Waals surface area contributed by atoms with Crippen LogP contribution in [0.1, 0.15) is 16.1 Å². The molecule has 2 aromatic carbocycles. The summed E-state index contributed by atoms with van der Waals surface area (Å²) in [5.74, 6) is 0. The van der Waals surface area contributed by atoms with Gasteiger partial charge in [-0.05, 0) is 22.3 Å². The highest BCUT2D eigenvalue weighted by atomic mass is 79.9. The molecule has 1 heterocycles. The van der Waals surface area contributed by atoms with Crippen molar-refractivity contribution < 1.29 is 9.90 Å². The summed E-state index contributed by atoms with van der Waals surface area (Å²) in [5.41, 5.74) is 4.33. The fourth-order valence-electron chi connectivity index (χ4n) is 2.48. The molecule has 1 atom stereocenters. The SMILES string of the molecule is O=C(O)N1Cc2c(-c3ccccc3)cccc2C1Br. The quantitative estimate of drug-likeness (QED) is 0.631. The van der Waals surface area contributed by atoms with E-state index in [1.165, 1.54) is 4.90 Å². The predicted octanol–water partition coefficient (Wildman–Crippen LogP) is 4.24. The Kier molecular flexibility index (Phi) is 3.03. The summed E-state index contributed by atoms with van der Waals surface area (Å²) in [7, 11) is 0. The highest BCUT2D eigenvalue weighted by Gasteiger charge is 2.33. The van der Waals surface area contributed by atoms with Gasteiger partial charge in [-0.1, -0.05) is 64.5 Å². The molecular weight excluding hydrogens is 306 g/mol. The first kappa shape index (κ1) is 12.2. The molecule has 96 valence electrons. The van der Waals surface area contributed by atoms with E-state index in [1.807, 2.05) is 48.5 Å². The Balaban J connectivity index is 2.11. The van der Waals surface area contributed by atoms with Gasteiger partial charge in [0, 0.05) is 0 Å². The van der Waals surface area contributed by atoms with Crippen molar-refractivity contribution in [2.45, 2.75) is 11.5 Å². The molecule has 0 saturated carbocycles. The second-order valence-electron chi connectivity index (χ2n) is 4.49. The second-order valence-corrected chi connectivity index (χ2v) is 5.35. The van der Waals surface area contributed by atoms with E-state index in [1.54, 1.807) is 0 Å². The minimum absolute atomic E-state index is 0.260. The van der Waals surface area contributed by atoms with Crippen LogP contribution in [-0.4, -0.2) is 16.1 Å². The molecule has 19 heavy (non-hydrogen) atoms. The van der Waals surface area contributed by atoms with Crippen molar-refractivity contribution in [1.82, 2.24) is 4.90 Å². The van der Waals surface area contributed by atoms with Gasteiger partial charge < -0.3 is 5.11 Å². The molecule has 0 aliphatic carbocycles. The number of rotatable bonds is 1. The number of carboxylic acid groups (broad SMARTS) is 1. The number of alkyl halides is 1. The molecule has 1 aliphatic rings. The van der Waals surface area contributed by atoms with E-state index in [0.717, 1.165) is 22.3 Å². The molecule has 1 N–H and O–H groups in total. The van der Waals surface area contributed by atoms with E-state index in [4.69, 9.17) is 0 Å². The Bertz CT molecular complexity index is 627. The molecule has 0 saturated heterocycles. The number of halogens is 1. The lowest BCUT2D eigenvalue weighted by Gasteiger charge is -2.15.